The summed E-state index contributed by atoms with van der Waals surface area (Å²) < 4.78 is 65.7. The minimum absolute atomic E-state index is 0.0361. The van der Waals surface area contributed by atoms with Crippen molar-refractivity contribution in [3.63, 3.8) is 0 Å². The summed E-state index contributed by atoms with van der Waals surface area (Å²) in [5.41, 5.74) is -0.796. The summed E-state index contributed by atoms with van der Waals surface area (Å²) in [5.74, 6) is -0.274. The Bertz CT molecular complexity index is 1020. The summed E-state index contributed by atoms with van der Waals surface area (Å²) >= 11 is 11.4. The van der Waals surface area contributed by atoms with Crippen LogP contribution in [0.5, 0.6) is 0 Å². The van der Waals surface area contributed by atoms with Crippen LogP contribution < -0.4 is 0 Å². The molecule has 0 radical (unpaired) electrons. The van der Waals surface area contributed by atoms with Gasteiger partial charge in [0.15, 0.2) is 0 Å². The predicted molar refractivity (Wildman–Crippen MR) is 103 cm³/mol. The fraction of sp³-hybridized carbons (Fsp3) is 0.278. The smallest absolute Gasteiger partial charge is 0.336 e. The number of nitrogens with zero attached hydrogens (tertiary/aromatic N) is 2. The highest BCUT2D eigenvalue weighted by Crippen LogP contribution is 2.36. The van der Waals surface area contributed by atoms with E-state index in [0.717, 1.165) is 16.4 Å². The van der Waals surface area contributed by atoms with Crippen molar-refractivity contribution >= 4 is 39.1 Å². The third-order valence-corrected chi connectivity index (χ3v) is 6.97. The zero-order valence-corrected chi connectivity index (χ0v) is 17.1. The Kier molecular flexibility index (Phi) is 6.14. The van der Waals surface area contributed by atoms with Gasteiger partial charge in [-0.05, 0) is 42.5 Å². The molecular weight excluding hydrogens is 452 g/mol. The van der Waals surface area contributed by atoms with Crippen LogP contribution in [-0.2, 0) is 16.2 Å². The summed E-state index contributed by atoms with van der Waals surface area (Å²) in [7, 11) is -4.16. The minimum atomic E-state index is -4.77. The Morgan fingerprint density at radius 2 is 1.52 bits per heavy atom. The maximum Gasteiger partial charge on any atom is 0.417 e. The van der Waals surface area contributed by atoms with E-state index in [9.17, 15) is 26.4 Å². The summed E-state index contributed by atoms with van der Waals surface area (Å²) in [6, 6.07) is 8.78. The molecule has 156 valence electrons. The topological polar surface area (TPSA) is 57.7 Å². The SMILES string of the molecule is O=C(c1ccc(Cl)cc1)N1CCN(S(=O)(=O)c2ccc(Cl)c(C(F)(F)F)c2)CC1. The van der Waals surface area contributed by atoms with E-state index < -0.39 is 31.7 Å². The molecule has 11 heteroatoms. The summed E-state index contributed by atoms with van der Waals surface area (Å²) in [4.78, 5) is 13.5. The summed E-state index contributed by atoms with van der Waals surface area (Å²) in [6.45, 7) is 0.151. The molecule has 2 aromatic rings. The van der Waals surface area contributed by atoms with E-state index >= 15 is 0 Å². The molecule has 29 heavy (non-hydrogen) atoms. The summed E-state index contributed by atoms with van der Waals surface area (Å²) in [5, 5.41) is -0.0894. The largest absolute Gasteiger partial charge is 0.417 e. The highest BCUT2D eigenvalue weighted by molar-refractivity contribution is 7.89. The van der Waals surface area contributed by atoms with Gasteiger partial charge < -0.3 is 4.90 Å². The molecule has 0 bridgehead atoms. The van der Waals surface area contributed by atoms with Gasteiger partial charge in [-0.1, -0.05) is 23.2 Å². The number of hydrogen-bond donors (Lipinski definition) is 0. The van der Waals surface area contributed by atoms with Crippen LogP contribution in [0.1, 0.15) is 15.9 Å². The number of benzene rings is 2. The maximum atomic E-state index is 13.0. The van der Waals surface area contributed by atoms with Crippen LogP contribution in [-0.4, -0.2) is 49.7 Å². The van der Waals surface area contributed by atoms with Gasteiger partial charge in [0.1, 0.15) is 0 Å². The number of carbonyl (C=O) groups is 1. The Balaban J connectivity index is 1.75. The number of amides is 1. The number of sulfonamides is 1. The molecule has 0 N–H and O–H groups in total. The molecule has 0 saturated carbocycles. The predicted octanol–water partition coefficient (Wildman–Crippen LogP) is 4.16. The van der Waals surface area contributed by atoms with E-state index in [1.54, 1.807) is 24.3 Å². The van der Waals surface area contributed by atoms with E-state index in [1.807, 2.05) is 0 Å². The lowest BCUT2D eigenvalue weighted by molar-refractivity contribution is -0.137. The molecule has 3 rings (SSSR count). The minimum Gasteiger partial charge on any atom is -0.336 e. The van der Waals surface area contributed by atoms with Gasteiger partial charge in [0.05, 0.1) is 15.5 Å². The van der Waals surface area contributed by atoms with Crippen molar-refractivity contribution < 1.29 is 26.4 Å². The lowest BCUT2D eigenvalue weighted by Gasteiger charge is -2.34. The first-order valence-corrected chi connectivity index (χ1v) is 10.6. The van der Waals surface area contributed by atoms with Crippen molar-refractivity contribution in [2.24, 2.45) is 0 Å². The van der Waals surface area contributed by atoms with Crippen molar-refractivity contribution in [2.45, 2.75) is 11.1 Å². The molecule has 0 atom stereocenters. The van der Waals surface area contributed by atoms with Gasteiger partial charge in [-0.25, -0.2) is 8.42 Å². The standard InChI is InChI=1S/C18H15Cl2F3N2O3S/c19-13-3-1-12(2-4-13)17(26)24-7-9-25(10-8-24)29(27,28)14-5-6-16(20)15(11-14)18(21,22)23/h1-6,11H,7-10H2. The van der Waals surface area contributed by atoms with Crippen LogP contribution in [0.2, 0.25) is 10.0 Å². The van der Waals surface area contributed by atoms with Gasteiger partial charge >= 0.3 is 6.18 Å². The van der Waals surface area contributed by atoms with E-state index in [0.29, 0.717) is 16.7 Å². The lowest BCUT2D eigenvalue weighted by Crippen LogP contribution is -2.50. The number of hydrogen-bond acceptors (Lipinski definition) is 3. The molecule has 0 unspecified atom stereocenters. The van der Waals surface area contributed by atoms with Crippen LogP contribution in [0, 0.1) is 0 Å². The second kappa shape index (κ2) is 8.14. The molecule has 0 aliphatic carbocycles. The zero-order valence-electron chi connectivity index (χ0n) is 14.8. The average molecular weight is 467 g/mol. The first kappa shape index (κ1) is 21.9. The second-order valence-corrected chi connectivity index (χ2v) is 9.12. The Morgan fingerprint density at radius 3 is 2.07 bits per heavy atom. The molecule has 0 spiro atoms. The van der Waals surface area contributed by atoms with Gasteiger partial charge in [0.25, 0.3) is 5.91 Å². The molecule has 1 amide bonds. The van der Waals surface area contributed by atoms with Crippen molar-refractivity contribution in [3.05, 3.63) is 63.6 Å². The second-order valence-electron chi connectivity index (χ2n) is 6.34. The molecule has 1 aliphatic rings. The molecule has 2 aromatic carbocycles. The summed E-state index contributed by atoms with van der Waals surface area (Å²) in [6.07, 6.45) is -4.77. The van der Waals surface area contributed by atoms with Gasteiger partial charge in [-0.3, -0.25) is 4.79 Å². The first-order chi connectivity index (χ1) is 13.5. The normalized spacial score (nSPS) is 16.1. The highest BCUT2D eigenvalue weighted by Gasteiger charge is 2.36. The molecule has 1 saturated heterocycles. The Morgan fingerprint density at radius 1 is 0.931 bits per heavy atom. The van der Waals surface area contributed by atoms with Crippen LogP contribution in [0.4, 0.5) is 13.2 Å². The van der Waals surface area contributed by atoms with Crippen LogP contribution >= 0.6 is 23.2 Å². The fourth-order valence-corrected chi connectivity index (χ4v) is 4.74. The van der Waals surface area contributed by atoms with E-state index in [2.05, 4.69) is 0 Å². The molecule has 1 aliphatic heterocycles. The number of halogens is 5. The third kappa shape index (κ3) is 4.69. The van der Waals surface area contributed by atoms with Crippen LogP contribution in [0.25, 0.3) is 0 Å². The zero-order chi connectivity index (χ0) is 21.4. The van der Waals surface area contributed by atoms with Crippen LogP contribution in [0.3, 0.4) is 0 Å². The van der Waals surface area contributed by atoms with Crippen molar-refractivity contribution in [1.82, 2.24) is 9.21 Å². The van der Waals surface area contributed by atoms with E-state index in [4.69, 9.17) is 23.2 Å². The van der Waals surface area contributed by atoms with Crippen molar-refractivity contribution in [3.8, 4) is 0 Å². The van der Waals surface area contributed by atoms with E-state index in [1.165, 1.54) is 4.90 Å². The molecule has 1 fully saturated rings. The number of alkyl halides is 3. The lowest BCUT2D eigenvalue weighted by atomic mass is 10.2. The number of rotatable bonds is 3. The Labute approximate surface area is 175 Å². The monoisotopic (exact) mass is 466 g/mol. The quantitative estimate of drug-likeness (QED) is 0.682. The highest BCUT2D eigenvalue weighted by atomic mass is 35.5. The van der Waals surface area contributed by atoms with Crippen molar-refractivity contribution in [1.29, 1.82) is 0 Å². The number of piperazine rings is 1. The van der Waals surface area contributed by atoms with Crippen molar-refractivity contribution in [2.75, 3.05) is 26.2 Å². The fourth-order valence-electron chi connectivity index (χ4n) is 2.94. The maximum absolute atomic E-state index is 13.0. The molecule has 1 heterocycles. The first-order valence-electron chi connectivity index (χ1n) is 8.42. The van der Waals surface area contributed by atoms with E-state index in [-0.39, 0.29) is 32.1 Å². The number of carbonyl (C=O) groups excluding carboxylic acids is 1. The van der Waals surface area contributed by atoms with Gasteiger partial charge in [0, 0.05) is 36.8 Å². The van der Waals surface area contributed by atoms with Gasteiger partial charge in [0.2, 0.25) is 10.0 Å². The van der Waals surface area contributed by atoms with Crippen LogP contribution in [0.15, 0.2) is 47.4 Å². The Hall–Kier alpha value is -1.81. The van der Waals surface area contributed by atoms with Gasteiger partial charge in [-0.15, -0.1) is 0 Å². The molecule has 5 nitrogen and oxygen atoms in total. The third-order valence-electron chi connectivity index (χ3n) is 4.50. The molecular formula is C18H15Cl2F3N2O3S. The molecule has 0 aromatic heterocycles. The average Bonchev–Trinajstić information content (AvgIpc) is 2.67. The van der Waals surface area contributed by atoms with Gasteiger partial charge in [-0.2, -0.15) is 17.5 Å².